The third-order valence-electron chi connectivity index (χ3n) is 6.10. The van der Waals surface area contributed by atoms with Gasteiger partial charge in [-0.05, 0) is 76.4 Å². The molecule has 1 saturated heterocycles. The van der Waals surface area contributed by atoms with E-state index in [4.69, 9.17) is 9.47 Å². The number of piperidine rings is 1. The van der Waals surface area contributed by atoms with E-state index in [0.717, 1.165) is 50.2 Å². The number of carbonyl (C=O) groups excluding carboxylic acids is 1. The summed E-state index contributed by atoms with van der Waals surface area (Å²) in [5, 5.41) is 4.29. The van der Waals surface area contributed by atoms with Crippen molar-refractivity contribution in [2.75, 3.05) is 26.8 Å². The van der Waals surface area contributed by atoms with E-state index in [0.29, 0.717) is 19.1 Å². The van der Waals surface area contributed by atoms with Crippen LogP contribution >= 0.6 is 0 Å². The quantitative estimate of drug-likeness (QED) is 0.604. The maximum Gasteiger partial charge on any atom is 0.312 e. The van der Waals surface area contributed by atoms with Gasteiger partial charge >= 0.3 is 5.97 Å². The highest BCUT2D eigenvalue weighted by atomic mass is 16.5. The van der Waals surface area contributed by atoms with E-state index in [1.807, 2.05) is 48.3 Å². The Morgan fingerprint density at radius 1 is 1.28 bits per heavy atom. The minimum Gasteiger partial charge on any atom is -0.497 e. The first-order chi connectivity index (χ1) is 14.1. The summed E-state index contributed by atoms with van der Waals surface area (Å²) in [6.07, 6.45) is 7.19. The standard InChI is InChI=1S/C23H33N3O3/c1-4-29-22(27)23(18-20-7-5-8-21(17-20)28-3)10-15-25(16-11-23)19(2)9-14-26-13-6-12-24-26/h5-8,12-13,17,19H,4,9-11,14-16,18H2,1-3H3/t19-/m0/s1. The number of likely N-dealkylation sites (tertiary alicyclic amines) is 1. The molecular formula is C23H33N3O3. The van der Waals surface area contributed by atoms with Gasteiger partial charge in [-0.25, -0.2) is 0 Å². The summed E-state index contributed by atoms with van der Waals surface area (Å²) in [6, 6.07) is 10.4. The predicted molar refractivity (Wildman–Crippen MR) is 113 cm³/mol. The Hall–Kier alpha value is -2.34. The molecule has 6 nitrogen and oxygen atoms in total. The second-order valence-corrected chi connectivity index (χ2v) is 7.97. The normalized spacial score (nSPS) is 17.6. The summed E-state index contributed by atoms with van der Waals surface area (Å²) in [6.45, 7) is 7.29. The highest BCUT2D eigenvalue weighted by Gasteiger charge is 2.43. The molecule has 1 aromatic heterocycles. The van der Waals surface area contributed by atoms with Crippen molar-refractivity contribution in [3.8, 4) is 5.75 Å². The van der Waals surface area contributed by atoms with Gasteiger partial charge in [-0.1, -0.05) is 12.1 Å². The van der Waals surface area contributed by atoms with Gasteiger partial charge in [-0.15, -0.1) is 0 Å². The van der Waals surface area contributed by atoms with Crippen LogP contribution in [0, 0.1) is 5.41 Å². The second kappa shape index (κ2) is 9.92. The number of esters is 1. The zero-order valence-corrected chi connectivity index (χ0v) is 17.8. The van der Waals surface area contributed by atoms with Crippen LogP contribution in [0.5, 0.6) is 5.75 Å². The average Bonchev–Trinajstić information content (AvgIpc) is 3.26. The number of benzene rings is 1. The Labute approximate surface area is 173 Å². The maximum atomic E-state index is 13.0. The molecule has 1 atom stereocenters. The summed E-state index contributed by atoms with van der Waals surface area (Å²) in [4.78, 5) is 15.4. The van der Waals surface area contributed by atoms with Gasteiger partial charge in [-0.2, -0.15) is 5.10 Å². The first-order valence-electron chi connectivity index (χ1n) is 10.6. The number of aryl methyl sites for hydroxylation is 1. The van der Waals surface area contributed by atoms with E-state index in [1.165, 1.54) is 0 Å². The van der Waals surface area contributed by atoms with Gasteiger partial charge in [0.25, 0.3) is 0 Å². The monoisotopic (exact) mass is 399 g/mol. The summed E-state index contributed by atoms with van der Waals surface area (Å²) in [5.74, 6) is 0.762. The molecule has 0 spiro atoms. The van der Waals surface area contributed by atoms with Crippen LogP contribution in [0.4, 0.5) is 0 Å². The van der Waals surface area contributed by atoms with Gasteiger partial charge < -0.3 is 14.4 Å². The van der Waals surface area contributed by atoms with E-state index in [2.05, 4.69) is 23.0 Å². The van der Waals surface area contributed by atoms with Crippen LogP contribution in [0.1, 0.15) is 38.7 Å². The lowest BCUT2D eigenvalue weighted by atomic mass is 9.73. The molecule has 0 N–H and O–H groups in total. The molecule has 0 radical (unpaired) electrons. The van der Waals surface area contributed by atoms with Crippen LogP contribution in [-0.4, -0.2) is 53.5 Å². The second-order valence-electron chi connectivity index (χ2n) is 7.97. The van der Waals surface area contributed by atoms with Crippen molar-refractivity contribution < 1.29 is 14.3 Å². The lowest BCUT2D eigenvalue weighted by Crippen LogP contribution is -2.49. The third-order valence-corrected chi connectivity index (χ3v) is 6.10. The van der Waals surface area contributed by atoms with E-state index in [1.54, 1.807) is 7.11 Å². The highest BCUT2D eigenvalue weighted by molar-refractivity contribution is 5.77. The number of rotatable bonds is 9. The zero-order valence-electron chi connectivity index (χ0n) is 17.8. The minimum atomic E-state index is -0.458. The number of methoxy groups -OCH3 is 1. The highest BCUT2D eigenvalue weighted by Crippen LogP contribution is 2.38. The molecule has 1 aliphatic heterocycles. The van der Waals surface area contributed by atoms with Crippen LogP contribution < -0.4 is 4.74 Å². The minimum absolute atomic E-state index is 0.0633. The van der Waals surface area contributed by atoms with Crippen molar-refractivity contribution in [3.05, 3.63) is 48.3 Å². The zero-order chi connectivity index (χ0) is 20.7. The Balaban J connectivity index is 1.65. The van der Waals surface area contributed by atoms with E-state index in [9.17, 15) is 4.79 Å². The Kier molecular flexibility index (Phi) is 7.31. The molecule has 1 fully saturated rings. The molecule has 158 valence electrons. The molecule has 2 heterocycles. The van der Waals surface area contributed by atoms with Crippen molar-refractivity contribution in [1.29, 1.82) is 0 Å². The Bertz CT molecular complexity index is 767. The Morgan fingerprint density at radius 3 is 2.72 bits per heavy atom. The van der Waals surface area contributed by atoms with E-state index < -0.39 is 5.41 Å². The van der Waals surface area contributed by atoms with Crippen LogP contribution in [0.15, 0.2) is 42.7 Å². The van der Waals surface area contributed by atoms with Gasteiger partial charge in [0.05, 0.1) is 19.1 Å². The first-order valence-corrected chi connectivity index (χ1v) is 10.6. The summed E-state index contributed by atoms with van der Waals surface area (Å²) in [7, 11) is 1.67. The molecule has 1 aromatic carbocycles. The van der Waals surface area contributed by atoms with Crippen molar-refractivity contribution in [2.45, 2.75) is 52.1 Å². The predicted octanol–water partition coefficient (Wildman–Crippen LogP) is 3.56. The van der Waals surface area contributed by atoms with Crippen LogP contribution in [-0.2, 0) is 22.5 Å². The molecule has 1 aliphatic rings. The number of nitrogens with zero attached hydrogens (tertiary/aromatic N) is 3. The van der Waals surface area contributed by atoms with E-state index in [-0.39, 0.29) is 5.97 Å². The van der Waals surface area contributed by atoms with Crippen molar-refractivity contribution >= 4 is 5.97 Å². The fraction of sp³-hybridized carbons (Fsp3) is 0.565. The SMILES string of the molecule is CCOC(=O)C1(Cc2cccc(OC)c2)CCN([C@@H](C)CCn2cccn2)CC1. The molecular weight excluding hydrogens is 366 g/mol. The number of carbonyl (C=O) groups is 1. The number of ether oxygens (including phenoxy) is 2. The smallest absolute Gasteiger partial charge is 0.312 e. The first kappa shape index (κ1) is 21.4. The van der Waals surface area contributed by atoms with Gasteiger partial charge in [0.1, 0.15) is 5.75 Å². The van der Waals surface area contributed by atoms with Gasteiger partial charge in [0, 0.05) is 25.0 Å². The fourth-order valence-corrected chi connectivity index (χ4v) is 4.24. The molecule has 0 unspecified atom stereocenters. The largest absolute Gasteiger partial charge is 0.497 e. The number of hydrogen-bond donors (Lipinski definition) is 0. The lowest BCUT2D eigenvalue weighted by molar-refractivity contribution is -0.159. The topological polar surface area (TPSA) is 56.6 Å². The summed E-state index contributed by atoms with van der Waals surface area (Å²) in [5.41, 5.74) is 0.665. The molecule has 0 bridgehead atoms. The van der Waals surface area contributed by atoms with Gasteiger partial charge in [-0.3, -0.25) is 9.48 Å². The number of hydrogen-bond acceptors (Lipinski definition) is 5. The summed E-state index contributed by atoms with van der Waals surface area (Å²) < 4.78 is 12.8. The summed E-state index contributed by atoms with van der Waals surface area (Å²) >= 11 is 0. The van der Waals surface area contributed by atoms with Crippen LogP contribution in [0.2, 0.25) is 0 Å². The maximum absolute atomic E-state index is 13.0. The van der Waals surface area contributed by atoms with Crippen LogP contribution in [0.3, 0.4) is 0 Å². The van der Waals surface area contributed by atoms with Gasteiger partial charge in [0.2, 0.25) is 0 Å². The molecule has 29 heavy (non-hydrogen) atoms. The molecule has 0 saturated carbocycles. The molecule has 0 amide bonds. The van der Waals surface area contributed by atoms with Crippen LogP contribution in [0.25, 0.3) is 0 Å². The average molecular weight is 400 g/mol. The molecule has 3 rings (SSSR count). The Morgan fingerprint density at radius 2 is 2.07 bits per heavy atom. The van der Waals surface area contributed by atoms with Gasteiger partial charge in [0.15, 0.2) is 0 Å². The van der Waals surface area contributed by atoms with Crippen molar-refractivity contribution in [2.24, 2.45) is 5.41 Å². The molecule has 2 aromatic rings. The van der Waals surface area contributed by atoms with Crippen molar-refractivity contribution in [1.82, 2.24) is 14.7 Å². The molecule has 0 aliphatic carbocycles. The fourth-order valence-electron chi connectivity index (χ4n) is 4.24. The third kappa shape index (κ3) is 5.38. The number of aromatic nitrogens is 2. The molecule has 6 heteroatoms. The van der Waals surface area contributed by atoms with E-state index >= 15 is 0 Å². The lowest BCUT2D eigenvalue weighted by Gasteiger charge is -2.42. The van der Waals surface area contributed by atoms with Crippen molar-refractivity contribution in [3.63, 3.8) is 0 Å².